The number of aryl methyl sites for hydroxylation is 2. The van der Waals surface area contributed by atoms with Gasteiger partial charge in [0.2, 0.25) is 0 Å². The average molecular weight is 271 g/mol. The highest BCUT2D eigenvalue weighted by Gasteiger charge is 2.08. The van der Waals surface area contributed by atoms with Crippen LogP contribution >= 0.6 is 0 Å². The third-order valence-corrected chi connectivity index (χ3v) is 3.76. The predicted molar refractivity (Wildman–Crippen MR) is 83.7 cm³/mol. The van der Waals surface area contributed by atoms with Gasteiger partial charge in [-0.1, -0.05) is 37.3 Å². The first-order valence-electron chi connectivity index (χ1n) is 7.57. The lowest BCUT2D eigenvalue weighted by molar-refractivity contribution is 0.551. The average Bonchev–Trinajstić information content (AvgIpc) is 2.95. The van der Waals surface area contributed by atoms with Gasteiger partial charge < -0.3 is 5.32 Å². The summed E-state index contributed by atoms with van der Waals surface area (Å²) in [4.78, 5) is 0. The monoisotopic (exact) mass is 271 g/mol. The minimum atomic E-state index is 0.424. The molecule has 0 radical (unpaired) electrons. The molecule has 0 aliphatic rings. The molecular formula is C17H25N3. The Bertz CT molecular complexity index is 486. The molecule has 1 N–H and O–H groups in total. The van der Waals surface area contributed by atoms with Gasteiger partial charge in [-0.15, -0.1) is 0 Å². The highest BCUT2D eigenvalue weighted by molar-refractivity contribution is 5.14. The number of benzene rings is 1. The number of nitrogens with one attached hydrogen (secondary N) is 1. The smallest absolute Gasteiger partial charge is 0.0537 e. The lowest BCUT2D eigenvalue weighted by atomic mass is 10.1. The maximum Gasteiger partial charge on any atom is 0.0537 e. The van der Waals surface area contributed by atoms with Gasteiger partial charge in [0.25, 0.3) is 0 Å². The van der Waals surface area contributed by atoms with E-state index in [2.05, 4.69) is 58.5 Å². The molecule has 0 amide bonds. The summed E-state index contributed by atoms with van der Waals surface area (Å²) < 4.78 is 2.07. The van der Waals surface area contributed by atoms with Gasteiger partial charge in [-0.3, -0.25) is 4.68 Å². The number of hydrogen-bond acceptors (Lipinski definition) is 2. The van der Waals surface area contributed by atoms with Crippen molar-refractivity contribution in [3.63, 3.8) is 0 Å². The second kappa shape index (κ2) is 7.85. The van der Waals surface area contributed by atoms with Crippen LogP contribution in [0.2, 0.25) is 0 Å². The second-order valence-corrected chi connectivity index (χ2v) is 5.23. The van der Waals surface area contributed by atoms with Gasteiger partial charge in [-0.2, -0.15) is 5.10 Å². The van der Waals surface area contributed by atoms with Crippen LogP contribution in [0.1, 0.15) is 43.4 Å². The molecule has 0 saturated heterocycles. The van der Waals surface area contributed by atoms with Crippen LogP contribution in [0.15, 0.2) is 42.7 Å². The summed E-state index contributed by atoms with van der Waals surface area (Å²) in [7, 11) is 2.01. The van der Waals surface area contributed by atoms with Crippen LogP contribution in [0, 0.1) is 0 Å². The molecule has 1 atom stereocenters. The third kappa shape index (κ3) is 4.20. The fourth-order valence-electron chi connectivity index (χ4n) is 2.54. The first-order chi connectivity index (χ1) is 9.83. The Morgan fingerprint density at radius 2 is 2.00 bits per heavy atom. The van der Waals surface area contributed by atoms with Crippen molar-refractivity contribution in [1.29, 1.82) is 0 Å². The lowest BCUT2D eigenvalue weighted by Gasteiger charge is -2.10. The number of rotatable bonds is 8. The van der Waals surface area contributed by atoms with Crippen molar-refractivity contribution in [2.45, 2.75) is 45.2 Å². The van der Waals surface area contributed by atoms with Crippen LogP contribution in [0.25, 0.3) is 0 Å². The fourth-order valence-corrected chi connectivity index (χ4v) is 2.54. The first kappa shape index (κ1) is 14.8. The minimum Gasteiger partial charge on any atom is -0.313 e. The molecule has 1 aromatic carbocycles. The molecule has 1 aromatic heterocycles. The van der Waals surface area contributed by atoms with Gasteiger partial charge in [0, 0.05) is 24.3 Å². The Morgan fingerprint density at radius 1 is 1.20 bits per heavy atom. The molecule has 0 spiro atoms. The van der Waals surface area contributed by atoms with E-state index >= 15 is 0 Å². The van der Waals surface area contributed by atoms with Crippen molar-refractivity contribution in [2.75, 3.05) is 7.05 Å². The Kier molecular flexibility index (Phi) is 5.81. The minimum absolute atomic E-state index is 0.424. The highest BCUT2D eigenvalue weighted by Crippen LogP contribution is 2.15. The van der Waals surface area contributed by atoms with Crippen LogP contribution in [0.3, 0.4) is 0 Å². The second-order valence-electron chi connectivity index (χ2n) is 5.23. The summed E-state index contributed by atoms with van der Waals surface area (Å²) in [5.41, 5.74) is 2.72. The van der Waals surface area contributed by atoms with E-state index in [9.17, 15) is 0 Å². The molecule has 3 heteroatoms. The topological polar surface area (TPSA) is 29.9 Å². The Morgan fingerprint density at radius 3 is 2.70 bits per heavy atom. The van der Waals surface area contributed by atoms with Crippen LogP contribution in [-0.4, -0.2) is 16.8 Å². The highest BCUT2D eigenvalue weighted by atomic mass is 15.3. The molecule has 2 rings (SSSR count). The van der Waals surface area contributed by atoms with Crippen molar-refractivity contribution < 1.29 is 0 Å². The molecule has 1 heterocycles. The molecular weight excluding hydrogens is 246 g/mol. The zero-order valence-corrected chi connectivity index (χ0v) is 12.5. The third-order valence-electron chi connectivity index (χ3n) is 3.76. The number of unbranched alkanes of at least 4 members (excludes halogenated alkanes) is 1. The van der Waals surface area contributed by atoms with E-state index in [0.717, 1.165) is 19.4 Å². The molecule has 0 bridgehead atoms. The molecule has 1 unspecified atom stereocenters. The molecule has 3 nitrogen and oxygen atoms in total. The van der Waals surface area contributed by atoms with E-state index < -0.39 is 0 Å². The fraction of sp³-hybridized carbons (Fsp3) is 0.471. The first-order valence-corrected chi connectivity index (χ1v) is 7.57. The maximum absolute atomic E-state index is 4.45. The van der Waals surface area contributed by atoms with Crippen molar-refractivity contribution in [3.8, 4) is 0 Å². The van der Waals surface area contributed by atoms with Crippen LogP contribution < -0.4 is 5.32 Å². The Hall–Kier alpha value is -1.61. The van der Waals surface area contributed by atoms with Crippen molar-refractivity contribution in [2.24, 2.45) is 0 Å². The molecule has 20 heavy (non-hydrogen) atoms. The van der Waals surface area contributed by atoms with E-state index in [-0.39, 0.29) is 0 Å². The molecule has 108 valence electrons. The summed E-state index contributed by atoms with van der Waals surface area (Å²) in [5, 5.41) is 7.77. The largest absolute Gasteiger partial charge is 0.313 e. The van der Waals surface area contributed by atoms with Gasteiger partial charge in [-0.05, 0) is 38.3 Å². The molecule has 0 aliphatic carbocycles. The normalized spacial score (nSPS) is 12.5. The van der Waals surface area contributed by atoms with Gasteiger partial charge in [0.15, 0.2) is 0 Å². The van der Waals surface area contributed by atoms with Crippen molar-refractivity contribution >= 4 is 0 Å². The standard InChI is InChI=1S/C17H25N3/c1-3-17(18-2)16-13-19-20(14-16)12-8-7-11-15-9-5-4-6-10-15/h4-6,9-10,13-14,17-18H,3,7-8,11-12H2,1-2H3. The zero-order chi connectivity index (χ0) is 14.2. The van der Waals surface area contributed by atoms with Gasteiger partial charge in [0.1, 0.15) is 0 Å². The lowest BCUT2D eigenvalue weighted by Crippen LogP contribution is -2.14. The SMILES string of the molecule is CCC(NC)c1cnn(CCCCc2ccccc2)c1. The van der Waals surface area contributed by atoms with Gasteiger partial charge in [0.05, 0.1) is 6.20 Å². The Labute approximate surface area is 122 Å². The Balaban J connectivity index is 1.74. The van der Waals surface area contributed by atoms with Gasteiger partial charge in [-0.25, -0.2) is 0 Å². The van der Waals surface area contributed by atoms with E-state index in [1.165, 1.54) is 24.0 Å². The zero-order valence-electron chi connectivity index (χ0n) is 12.5. The number of aromatic nitrogens is 2. The van der Waals surface area contributed by atoms with E-state index in [1.54, 1.807) is 0 Å². The molecule has 0 aliphatic heterocycles. The summed E-state index contributed by atoms with van der Waals surface area (Å²) in [6, 6.07) is 11.1. The summed E-state index contributed by atoms with van der Waals surface area (Å²) in [6.07, 6.45) is 8.79. The number of hydrogen-bond donors (Lipinski definition) is 1. The summed E-state index contributed by atoms with van der Waals surface area (Å²) in [5.74, 6) is 0. The maximum atomic E-state index is 4.45. The van der Waals surface area contributed by atoms with Crippen LogP contribution in [0.5, 0.6) is 0 Å². The van der Waals surface area contributed by atoms with E-state index in [1.807, 2.05) is 13.2 Å². The van der Waals surface area contributed by atoms with Crippen LogP contribution in [0.4, 0.5) is 0 Å². The van der Waals surface area contributed by atoms with Gasteiger partial charge >= 0.3 is 0 Å². The number of nitrogens with zero attached hydrogens (tertiary/aromatic N) is 2. The van der Waals surface area contributed by atoms with E-state index in [4.69, 9.17) is 0 Å². The predicted octanol–water partition coefficient (Wildman–Crippen LogP) is 3.58. The molecule has 2 aromatic rings. The summed E-state index contributed by atoms with van der Waals surface area (Å²) >= 11 is 0. The van der Waals surface area contributed by atoms with Crippen molar-refractivity contribution in [3.05, 3.63) is 53.9 Å². The molecule has 0 saturated carbocycles. The van der Waals surface area contributed by atoms with E-state index in [0.29, 0.717) is 6.04 Å². The van der Waals surface area contributed by atoms with Crippen LogP contribution in [-0.2, 0) is 13.0 Å². The van der Waals surface area contributed by atoms with Crippen molar-refractivity contribution in [1.82, 2.24) is 15.1 Å². The molecule has 0 fully saturated rings. The quantitative estimate of drug-likeness (QED) is 0.744. The summed E-state index contributed by atoms with van der Waals surface area (Å²) in [6.45, 7) is 3.20.